The molecule has 0 spiro atoms. The lowest BCUT2D eigenvalue weighted by Gasteiger charge is -2.42. The van der Waals surface area contributed by atoms with Crippen LogP contribution < -0.4 is 0 Å². The van der Waals surface area contributed by atoms with Crippen molar-refractivity contribution in [2.75, 3.05) is 26.4 Å². The third kappa shape index (κ3) is 3.41. The predicted molar refractivity (Wildman–Crippen MR) is 76.3 cm³/mol. The van der Waals surface area contributed by atoms with Crippen molar-refractivity contribution in [3.8, 4) is 11.8 Å². The molecule has 5 heteroatoms. The third-order valence-corrected chi connectivity index (χ3v) is 3.40. The third-order valence-electron chi connectivity index (χ3n) is 3.40. The number of hydrogen-bond donors (Lipinski definition) is 1. The van der Waals surface area contributed by atoms with Crippen LogP contribution in [0.3, 0.4) is 0 Å². The number of hydrogen-bond acceptors (Lipinski definition) is 3. The van der Waals surface area contributed by atoms with E-state index < -0.39 is 11.4 Å². The van der Waals surface area contributed by atoms with Crippen molar-refractivity contribution in [2.45, 2.75) is 19.4 Å². The van der Waals surface area contributed by atoms with Crippen LogP contribution in [0.1, 0.15) is 29.8 Å². The van der Waals surface area contributed by atoms with E-state index in [9.17, 15) is 9.18 Å². The molecule has 0 aliphatic carbocycles. The lowest BCUT2D eigenvalue weighted by molar-refractivity contribution is -0.0372. The second-order valence-electron chi connectivity index (χ2n) is 5.48. The molecule has 2 rings (SSSR count). The summed E-state index contributed by atoms with van der Waals surface area (Å²) in [4.78, 5) is 14.2. The molecule has 1 heterocycles. The molecule has 1 amide bonds. The van der Waals surface area contributed by atoms with Gasteiger partial charge in [0.15, 0.2) is 0 Å². The highest BCUT2D eigenvalue weighted by Gasteiger charge is 2.35. The van der Waals surface area contributed by atoms with Gasteiger partial charge in [-0.1, -0.05) is 11.8 Å². The Kier molecular flexibility index (Phi) is 4.61. The molecule has 0 unspecified atom stereocenters. The van der Waals surface area contributed by atoms with E-state index in [1.165, 1.54) is 18.2 Å². The minimum absolute atomic E-state index is 0.00489. The summed E-state index contributed by atoms with van der Waals surface area (Å²) in [6.45, 7) is 4.79. The summed E-state index contributed by atoms with van der Waals surface area (Å²) in [7, 11) is 0. The average molecular weight is 291 g/mol. The number of morpholine rings is 1. The number of halogens is 1. The van der Waals surface area contributed by atoms with E-state index in [2.05, 4.69) is 11.8 Å². The quantitative estimate of drug-likeness (QED) is 0.796. The molecule has 1 aromatic rings. The molecule has 0 atom stereocenters. The van der Waals surface area contributed by atoms with Gasteiger partial charge in [0, 0.05) is 12.1 Å². The first-order valence-electron chi connectivity index (χ1n) is 6.75. The molecular formula is C16H18FNO3. The minimum atomic E-state index is -0.572. The number of nitrogens with zero attached hydrogens (tertiary/aromatic N) is 1. The Morgan fingerprint density at radius 1 is 1.52 bits per heavy atom. The summed E-state index contributed by atoms with van der Waals surface area (Å²) in [5, 5.41) is 8.70. The summed E-state index contributed by atoms with van der Waals surface area (Å²) < 4.78 is 19.3. The van der Waals surface area contributed by atoms with Crippen LogP contribution in [0, 0.1) is 17.7 Å². The highest BCUT2D eigenvalue weighted by molar-refractivity contribution is 5.95. The molecule has 1 N–H and O–H groups in total. The fraction of sp³-hybridized carbons (Fsp3) is 0.438. The van der Waals surface area contributed by atoms with E-state index in [0.29, 0.717) is 25.3 Å². The molecule has 0 radical (unpaired) electrons. The summed E-state index contributed by atoms with van der Waals surface area (Å²) >= 11 is 0. The van der Waals surface area contributed by atoms with Gasteiger partial charge in [0.2, 0.25) is 0 Å². The van der Waals surface area contributed by atoms with E-state index in [4.69, 9.17) is 9.84 Å². The highest BCUT2D eigenvalue weighted by Crippen LogP contribution is 2.23. The summed E-state index contributed by atoms with van der Waals surface area (Å²) in [5.74, 6) is 4.22. The van der Waals surface area contributed by atoms with Crippen molar-refractivity contribution < 1.29 is 19.0 Å². The van der Waals surface area contributed by atoms with Crippen LogP contribution >= 0.6 is 0 Å². The van der Waals surface area contributed by atoms with Crippen LogP contribution in [0.25, 0.3) is 0 Å². The lowest BCUT2D eigenvalue weighted by atomic mass is 10.00. The number of rotatable bonds is 1. The molecule has 4 nitrogen and oxygen atoms in total. The number of carbonyl (C=O) groups excluding carboxylic acids is 1. The average Bonchev–Trinajstić information content (AvgIpc) is 2.45. The number of amides is 1. The maximum absolute atomic E-state index is 14.0. The van der Waals surface area contributed by atoms with Crippen molar-refractivity contribution in [1.82, 2.24) is 4.90 Å². The number of aliphatic hydroxyl groups is 1. The zero-order valence-corrected chi connectivity index (χ0v) is 12.1. The monoisotopic (exact) mass is 291 g/mol. The predicted octanol–water partition coefficient (Wildman–Crippen LogP) is 1.42. The molecule has 1 aliphatic rings. The number of benzene rings is 1. The summed E-state index contributed by atoms with van der Waals surface area (Å²) in [5.41, 5.74) is 0.0174. The number of aliphatic hydroxyl groups excluding tert-OH is 1. The largest absolute Gasteiger partial charge is 0.384 e. The summed E-state index contributed by atoms with van der Waals surface area (Å²) in [6.07, 6.45) is 0. The first-order chi connectivity index (χ1) is 9.95. The van der Waals surface area contributed by atoms with Gasteiger partial charge in [-0.3, -0.25) is 4.79 Å². The van der Waals surface area contributed by atoms with E-state index in [-0.39, 0.29) is 18.1 Å². The van der Waals surface area contributed by atoms with Gasteiger partial charge in [-0.25, -0.2) is 4.39 Å². The molecule has 21 heavy (non-hydrogen) atoms. The Hall–Kier alpha value is -1.90. The van der Waals surface area contributed by atoms with E-state index in [1.54, 1.807) is 4.90 Å². The molecule has 0 bridgehead atoms. The Balaban J connectivity index is 2.34. The highest BCUT2D eigenvalue weighted by atomic mass is 19.1. The van der Waals surface area contributed by atoms with Crippen molar-refractivity contribution in [2.24, 2.45) is 0 Å². The molecule has 1 fully saturated rings. The van der Waals surface area contributed by atoms with Crippen LogP contribution in [0.15, 0.2) is 18.2 Å². The van der Waals surface area contributed by atoms with E-state index >= 15 is 0 Å². The van der Waals surface area contributed by atoms with Gasteiger partial charge in [-0.15, -0.1) is 0 Å². The number of carbonyl (C=O) groups is 1. The van der Waals surface area contributed by atoms with Gasteiger partial charge >= 0.3 is 0 Å². The Morgan fingerprint density at radius 3 is 2.95 bits per heavy atom. The molecule has 1 aliphatic heterocycles. The van der Waals surface area contributed by atoms with Crippen molar-refractivity contribution in [3.05, 3.63) is 35.1 Å². The lowest BCUT2D eigenvalue weighted by Crippen LogP contribution is -2.55. The van der Waals surface area contributed by atoms with Crippen LogP contribution in [0.5, 0.6) is 0 Å². The van der Waals surface area contributed by atoms with Crippen LogP contribution in [-0.2, 0) is 4.74 Å². The fourth-order valence-electron chi connectivity index (χ4n) is 2.29. The van der Waals surface area contributed by atoms with Crippen molar-refractivity contribution >= 4 is 5.91 Å². The smallest absolute Gasteiger partial charge is 0.257 e. The second-order valence-corrected chi connectivity index (χ2v) is 5.48. The zero-order chi connectivity index (χ0) is 15.5. The SMILES string of the molecule is CC1(C)COCCN1C(=O)c1cc(C#CCO)ccc1F. The molecule has 0 aromatic heterocycles. The first kappa shape index (κ1) is 15.5. The Labute approximate surface area is 123 Å². The standard InChI is InChI=1S/C16H18FNO3/c1-16(2)11-21-9-7-18(16)15(20)13-10-12(4-3-8-19)5-6-14(13)17/h5-6,10,19H,7-9,11H2,1-2H3. The van der Waals surface area contributed by atoms with Gasteiger partial charge in [-0.05, 0) is 32.0 Å². The van der Waals surface area contributed by atoms with Crippen LogP contribution in [-0.4, -0.2) is 47.8 Å². The molecular weight excluding hydrogens is 273 g/mol. The second kappa shape index (κ2) is 6.25. The maximum atomic E-state index is 14.0. The van der Waals surface area contributed by atoms with Gasteiger partial charge in [0.05, 0.1) is 24.3 Å². The maximum Gasteiger partial charge on any atom is 0.257 e. The minimum Gasteiger partial charge on any atom is -0.384 e. The van der Waals surface area contributed by atoms with Gasteiger partial charge in [-0.2, -0.15) is 0 Å². The topological polar surface area (TPSA) is 49.8 Å². The zero-order valence-electron chi connectivity index (χ0n) is 12.1. The van der Waals surface area contributed by atoms with E-state index in [1.807, 2.05) is 13.8 Å². The van der Waals surface area contributed by atoms with Crippen molar-refractivity contribution in [1.29, 1.82) is 0 Å². The van der Waals surface area contributed by atoms with Gasteiger partial charge in [0.25, 0.3) is 5.91 Å². The van der Waals surface area contributed by atoms with Gasteiger partial charge < -0.3 is 14.7 Å². The van der Waals surface area contributed by atoms with E-state index in [0.717, 1.165) is 0 Å². The van der Waals surface area contributed by atoms with Crippen LogP contribution in [0.2, 0.25) is 0 Å². The molecule has 1 aromatic carbocycles. The van der Waals surface area contributed by atoms with Gasteiger partial charge in [0.1, 0.15) is 12.4 Å². The first-order valence-corrected chi connectivity index (χ1v) is 6.75. The molecule has 0 saturated carbocycles. The van der Waals surface area contributed by atoms with Crippen molar-refractivity contribution in [3.63, 3.8) is 0 Å². The van der Waals surface area contributed by atoms with Crippen LogP contribution in [0.4, 0.5) is 4.39 Å². The fourth-order valence-corrected chi connectivity index (χ4v) is 2.29. The molecule has 1 saturated heterocycles. The number of ether oxygens (including phenoxy) is 1. The normalized spacial score (nSPS) is 17.0. The Bertz CT molecular complexity index is 601. The molecule has 112 valence electrons. The summed E-state index contributed by atoms with van der Waals surface area (Å²) in [6, 6.07) is 4.13. The Morgan fingerprint density at radius 2 is 2.29 bits per heavy atom.